The van der Waals surface area contributed by atoms with Gasteiger partial charge in [0.1, 0.15) is 11.5 Å². The van der Waals surface area contributed by atoms with Crippen molar-refractivity contribution < 1.29 is 14.3 Å². The molecule has 2 aromatic heterocycles. The van der Waals surface area contributed by atoms with Crippen molar-refractivity contribution in [3.05, 3.63) is 94.3 Å². The summed E-state index contributed by atoms with van der Waals surface area (Å²) in [7, 11) is 1.60. The molecule has 0 aliphatic carbocycles. The number of hydrogen-bond donors (Lipinski definition) is 0. The number of methoxy groups -OCH3 is 1. The van der Waals surface area contributed by atoms with E-state index >= 15 is 0 Å². The van der Waals surface area contributed by atoms with Crippen LogP contribution in [0.2, 0.25) is 0 Å². The zero-order valence-corrected chi connectivity index (χ0v) is 21.6. The van der Waals surface area contributed by atoms with Crippen molar-refractivity contribution in [1.82, 2.24) is 19.2 Å². The summed E-state index contributed by atoms with van der Waals surface area (Å²) in [6.45, 7) is 4.59. The number of carbonyl (C=O) groups is 1. The molecule has 5 aromatic rings. The Labute approximate surface area is 217 Å². The van der Waals surface area contributed by atoms with Gasteiger partial charge in [-0.1, -0.05) is 42.1 Å². The van der Waals surface area contributed by atoms with Gasteiger partial charge in [0.15, 0.2) is 10.9 Å². The van der Waals surface area contributed by atoms with Gasteiger partial charge in [-0.3, -0.25) is 18.6 Å². The van der Waals surface area contributed by atoms with Gasteiger partial charge in [-0.2, -0.15) is 0 Å². The molecule has 0 fully saturated rings. The minimum atomic E-state index is -0.432. The fraction of sp³-hybridized carbons (Fsp3) is 0.214. The van der Waals surface area contributed by atoms with Crippen molar-refractivity contribution in [2.75, 3.05) is 13.7 Å². The molecule has 37 heavy (non-hydrogen) atoms. The fourth-order valence-electron chi connectivity index (χ4n) is 4.28. The Morgan fingerprint density at radius 3 is 2.49 bits per heavy atom. The van der Waals surface area contributed by atoms with Gasteiger partial charge < -0.3 is 9.47 Å². The van der Waals surface area contributed by atoms with Crippen LogP contribution in [0.15, 0.2) is 82.7 Å². The van der Waals surface area contributed by atoms with Gasteiger partial charge in [0.05, 0.1) is 36.4 Å². The maximum atomic E-state index is 13.5. The van der Waals surface area contributed by atoms with Gasteiger partial charge in [0, 0.05) is 11.1 Å². The molecule has 0 bridgehead atoms. The number of ketones is 1. The Kier molecular flexibility index (Phi) is 6.96. The Morgan fingerprint density at radius 2 is 1.73 bits per heavy atom. The largest absolute Gasteiger partial charge is 0.496 e. The molecule has 9 heteroatoms. The van der Waals surface area contributed by atoms with E-state index in [0.29, 0.717) is 39.8 Å². The van der Waals surface area contributed by atoms with Crippen LogP contribution in [-0.2, 0) is 6.54 Å². The molecule has 0 amide bonds. The van der Waals surface area contributed by atoms with E-state index in [1.807, 2.05) is 60.7 Å². The predicted molar refractivity (Wildman–Crippen MR) is 144 cm³/mol. The number of ether oxygens (including phenoxy) is 2. The molecule has 0 spiro atoms. The van der Waals surface area contributed by atoms with Crippen LogP contribution in [0.1, 0.15) is 29.8 Å². The summed E-state index contributed by atoms with van der Waals surface area (Å²) >= 11 is 1.31. The average molecular weight is 515 g/mol. The number of carbonyl (C=O) groups excluding carboxylic acids is 1. The number of para-hydroxylation sites is 2. The molecule has 0 aliphatic heterocycles. The number of Topliss-reactive ketones (excluding diaryl/α,β-unsaturated/α-hetero) is 1. The zero-order valence-electron chi connectivity index (χ0n) is 20.7. The number of rotatable bonds is 9. The lowest BCUT2D eigenvalue weighted by molar-refractivity contribution is 0.0994. The molecule has 2 heterocycles. The maximum absolute atomic E-state index is 13.5. The highest BCUT2D eigenvalue weighted by molar-refractivity contribution is 8.00. The number of nitrogens with zero attached hydrogens (tertiary/aromatic N) is 4. The van der Waals surface area contributed by atoms with Crippen LogP contribution < -0.4 is 15.0 Å². The summed E-state index contributed by atoms with van der Waals surface area (Å²) in [6, 6.07) is 22.1. The zero-order chi connectivity index (χ0) is 25.9. The minimum Gasteiger partial charge on any atom is -0.496 e. The normalized spacial score (nSPS) is 12.1. The SMILES string of the molecule is CCOc1ccc(C(=O)C(C)Sc2nnc3n(Cc4ccccc4OC)c(=O)c4ccccc4n23)cc1. The standard InChI is InChI=1S/C28H26N4O4S/c1-4-36-21-15-13-19(14-16-21)25(33)18(2)37-28-30-29-27-31(17-20-9-5-8-12-24(20)35-3)26(34)22-10-6-7-11-23(22)32(27)28/h5-16,18H,4,17H2,1-3H3. The molecule has 188 valence electrons. The lowest BCUT2D eigenvalue weighted by Gasteiger charge is -2.14. The van der Waals surface area contributed by atoms with Gasteiger partial charge in [0.2, 0.25) is 5.78 Å². The molecule has 0 saturated heterocycles. The number of benzene rings is 3. The molecule has 0 N–H and O–H groups in total. The minimum absolute atomic E-state index is 0.0311. The van der Waals surface area contributed by atoms with Crippen molar-refractivity contribution in [1.29, 1.82) is 0 Å². The van der Waals surface area contributed by atoms with Crippen molar-refractivity contribution >= 4 is 34.2 Å². The molecule has 0 saturated carbocycles. The molecule has 3 aromatic carbocycles. The first-order valence-corrected chi connectivity index (χ1v) is 12.8. The third-order valence-electron chi connectivity index (χ3n) is 6.10. The first-order chi connectivity index (χ1) is 18.0. The predicted octanol–water partition coefficient (Wildman–Crippen LogP) is 4.86. The van der Waals surface area contributed by atoms with Crippen molar-refractivity contribution in [2.45, 2.75) is 30.8 Å². The molecule has 0 radical (unpaired) electrons. The van der Waals surface area contributed by atoms with E-state index in [0.717, 1.165) is 11.3 Å². The van der Waals surface area contributed by atoms with E-state index in [4.69, 9.17) is 9.47 Å². The highest BCUT2D eigenvalue weighted by Gasteiger charge is 2.23. The van der Waals surface area contributed by atoms with Crippen LogP contribution in [0.3, 0.4) is 0 Å². The summed E-state index contributed by atoms with van der Waals surface area (Å²) in [5, 5.41) is 9.42. The van der Waals surface area contributed by atoms with E-state index in [-0.39, 0.29) is 17.9 Å². The van der Waals surface area contributed by atoms with Gasteiger partial charge in [-0.15, -0.1) is 10.2 Å². The Bertz CT molecular complexity index is 1640. The molecule has 0 aliphatic rings. The van der Waals surface area contributed by atoms with E-state index in [9.17, 15) is 9.59 Å². The quantitative estimate of drug-likeness (QED) is 0.205. The second-order valence-electron chi connectivity index (χ2n) is 8.42. The Hall–Kier alpha value is -4.11. The lowest BCUT2D eigenvalue weighted by atomic mass is 10.1. The van der Waals surface area contributed by atoms with Crippen LogP contribution in [-0.4, -0.2) is 43.9 Å². The molecule has 1 atom stereocenters. The van der Waals surface area contributed by atoms with Crippen molar-refractivity contribution in [3.63, 3.8) is 0 Å². The highest BCUT2D eigenvalue weighted by Crippen LogP contribution is 2.28. The summed E-state index contributed by atoms with van der Waals surface area (Å²) in [4.78, 5) is 26.7. The lowest BCUT2D eigenvalue weighted by Crippen LogP contribution is -2.24. The molecule has 5 rings (SSSR count). The first-order valence-electron chi connectivity index (χ1n) is 11.9. The number of aromatic nitrogens is 4. The van der Waals surface area contributed by atoms with Crippen molar-refractivity contribution in [3.8, 4) is 11.5 Å². The monoisotopic (exact) mass is 514 g/mol. The number of hydrogen-bond acceptors (Lipinski definition) is 7. The number of fused-ring (bicyclic) bond motifs is 3. The maximum Gasteiger partial charge on any atom is 0.263 e. The third kappa shape index (κ3) is 4.70. The summed E-state index contributed by atoms with van der Waals surface area (Å²) < 4.78 is 14.4. The fourth-order valence-corrected chi connectivity index (χ4v) is 5.22. The van der Waals surface area contributed by atoms with Crippen LogP contribution in [0.4, 0.5) is 0 Å². The van der Waals surface area contributed by atoms with E-state index in [1.54, 1.807) is 42.0 Å². The van der Waals surface area contributed by atoms with Gasteiger partial charge in [-0.25, -0.2) is 0 Å². The highest BCUT2D eigenvalue weighted by atomic mass is 32.2. The molecule has 8 nitrogen and oxygen atoms in total. The van der Waals surface area contributed by atoms with Crippen LogP contribution >= 0.6 is 11.8 Å². The van der Waals surface area contributed by atoms with E-state index in [1.165, 1.54) is 11.8 Å². The first kappa shape index (κ1) is 24.6. The van der Waals surface area contributed by atoms with E-state index in [2.05, 4.69) is 10.2 Å². The van der Waals surface area contributed by atoms with Crippen molar-refractivity contribution in [2.24, 2.45) is 0 Å². The summed E-state index contributed by atoms with van der Waals surface area (Å²) in [5.74, 6) is 1.78. The van der Waals surface area contributed by atoms with Gasteiger partial charge in [0.25, 0.3) is 5.56 Å². The second-order valence-corrected chi connectivity index (χ2v) is 9.73. The third-order valence-corrected chi connectivity index (χ3v) is 7.14. The smallest absolute Gasteiger partial charge is 0.263 e. The van der Waals surface area contributed by atoms with Crippen LogP contribution in [0, 0.1) is 0 Å². The topological polar surface area (TPSA) is 87.7 Å². The Balaban J connectivity index is 1.55. The molecular formula is C28H26N4O4S. The van der Waals surface area contributed by atoms with Gasteiger partial charge >= 0.3 is 0 Å². The van der Waals surface area contributed by atoms with Crippen LogP contribution in [0.5, 0.6) is 11.5 Å². The molecule has 1 unspecified atom stereocenters. The summed E-state index contributed by atoms with van der Waals surface area (Å²) in [5.41, 5.74) is 1.96. The van der Waals surface area contributed by atoms with Gasteiger partial charge in [-0.05, 0) is 56.3 Å². The average Bonchev–Trinajstić information content (AvgIpc) is 3.34. The Morgan fingerprint density at radius 1 is 1.00 bits per heavy atom. The number of thioether (sulfide) groups is 1. The molecular weight excluding hydrogens is 488 g/mol. The summed E-state index contributed by atoms with van der Waals surface area (Å²) in [6.07, 6.45) is 0. The second kappa shape index (κ2) is 10.5. The van der Waals surface area contributed by atoms with Crippen LogP contribution in [0.25, 0.3) is 16.7 Å². The van der Waals surface area contributed by atoms with E-state index < -0.39 is 5.25 Å².